The third-order valence-electron chi connectivity index (χ3n) is 5.38. The average Bonchev–Trinajstić information content (AvgIpc) is 3.00. The number of hydrogen-bond acceptors (Lipinski definition) is 5. The van der Waals surface area contributed by atoms with Crippen molar-refractivity contribution in [3.63, 3.8) is 0 Å². The molecule has 1 fully saturated rings. The van der Waals surface area contributed by atoms with Crippen molar-refractivity contribution in [2.45, 2.75) is 31.8 Å². The van der Waals surface area contributed by atoms with Crippen LogP contribution < -0.4 is 4.74 Å². The van der Waals surface area contributed by atoms with Gasteiger partial charge in [0, 0.05) is 45.1 Å². The van der Waals surface area contributed by atoms with Gasteiger partial charge in [0.1, 0.15) is 11.9 Å². The topological polar surface area (TPSA) is 79.8 Å². The first-order chi connectivity index (χ1) is 14.1. The summed E-state index contributed by atoms with van der Waals surface area (Å²) in [5.74, 6) is 0.262. The summed E-state index contributed by atoms with van der Waals surface area (Å²) in [5.41, 5.74) is 0.888. The fraction of sp³-hybridized carbons (Fsp3) is 0.364. The van der Waals surface area contributed by atoms with Crippen molar-refractivity contribution in [1.29, 1.82) is 0 Å². The van der Waals surface area contributed by atoms with Crippen molar-refractivity contribution in [2.24, 2.45) is 0 Å². The Morgan fingerprint density at radius 2 is 1.72 bits per heavy atom. The molecule has 0 saturated carbocycles. The smallest absolute Gasteiger partial charge is 0.261 e. The molecular formula is C22H23N3O4. The van der Waals surface area contributed by atoms with Crippen LogP contribution in [0.1, 0.15) is 46.4 Å². The van der Waals surface area contributed by atoms with Crippen LogP contribution in [0.2, 0.25) is 0 Å². The maximum Gasteiger partial charge on any atom is 0.261 e. The Kier molecular flexibility index (Phi) is 5.55. The van der Waals surface area contributed by atoms with Crippen molar-refractivity contribution in [1.82, 2.24) is 14.8 Å². The van der Waals surface area contributed by atoms with Crippen molar-refractivity contribution >= 4 is 17.7 Å². The van der Waals surface area contributed by atoms with E-state index in [2.05, 4.69) is 4.98 Å². The molecular weight excluding hydrogens is 370 g/mol. The van der Waals surface area contributed by atoms with E-state index in [-0.39, 0.29) is 30.4 Å². The molecule has 2 aromatic rings. The first-order valence-corrected chi connectivity index (χ1v) is 9.93. The molecule has 1 aromatic carbocycles. The van der Waals surface area contributed by atoms with Gasteiger partial charge < -0.3 is 9.64 Å². The molecule has 3 amide bonds. The minimum Gasteiger partial charge on any atom is -0.489 e. The second kappa shape index (κ2) is 8.43. The lowest BCUT2D eigenvalue weighted by atomic mass is 10.1. The van der Waals surface area contributed by atoms with E-state index in [4.69, 9.17) is 4.74 Å². The van der Waals surface area contributed by atoms with E-state index >= 15 is 0 Å². The first kappa shape index (κ1) is 19.1. The predicted octanol–water partition coefficient (Wildman–Crippen LogP) is 2.53. The Morgan fingerprint density at radius 3 is 2.34 bits per heavy atom. The van der Waals surface area contributed by atoms with Gasteiger partial charge in [-0.1, -0.05) is 12.1 Å². The van der Waals surface area contributed by atoms with Crippen molar-refractivity contribution in [2.75, 3.05) is 19.6 Å². The molecule has 7 heteroatoms. The fourth-order valence-electron chi connectivity index (χ4n) is 3.82. The number of hydrogen-bond donors (Lipinski definition) is 0. The SMILES string of the molecule is O=C(CCCN1C(=O)c2ccccc2C1=O)N1CCC(Oc2cccnc2)CC1. The van der Waals surface area contributed by atoms with Gasteiger partial charge in [0.05, 0.1) is 17.3 Å². The lowest BCUT2D eigenvalue weighted by Crippen LogP contribution is -2.42. The van der Waals surface area contributed by atoms with E-state index < -0.39 is 0 Å². The molecule has 0 spiro atoms. The summed E-state index contributed by atoms with van der Waals surface area (Å²) in [6.45, 7) is 1.56. The summed E-state index contributed by atoms with van der Waals surface area (Å²) < 4.78 is 5.90. The molecule has 3 heterocycles. The summed E-state index contributed by atoms with van der Waals surface area (Å²) in [5, 5.41) is 0. The molecule has 150 valence electrons. The lowest BCUT2D eigenvalue weighted by molar-refractivity contribution is -0.133. The zero-order valence-corrected chi connectivity index (χ0v) is 16.1. The number of benzene rings is 1. The Hall–Kier alpha value is -3.22. The van der Waals surface area contributed by atoms with Gasteiger partial charge in [-0.3, -0.25) is 24.3 Å². The van der Waals surface area contributed by atoms with Crippen LogP contribution in [0.25, 0.3) is 0 Å². The number of carbonyl (C=O) groups excluding carboxylic acids is 3. The summed E-state index contributed by atoms with van der Waals surface area (Å²) >= 11 is 0. The van der Waals surface area contributed by atoms with Gasteiger partial charge in [0.25, 0.3) is 11.8 Å². The molecule has 2 aliphatic rings. The van der Waals surface area contributed by atoms with Gasteiger partial charge in [0.15, 0.2) is 0 Å². The average molecular weight is 393 g/mol. The normalized spacial score (nSPS) is 16.8. The minimum absolute atomic E-state index is 0.0569. The van der Waals surface area contributed by atoms with Gasteiger partial charge in [0.2, 0.25) is 5.91 Å². The maximum atomic E-state index is 12.5. The number of fused-ring (bicyclic) bond motifs is 1. The lowest BCUT2D eigenvalue weighted by Gasteiger charge is -2.32. The molecule has 2 aliphatic heterocycles. The molecule has 4 rings (SSSR count). The highest BCUT2D eigenvalue weighted by Gasteiger charge is 2.34. The summed E-state index contributed by atoms with van der Waals surface area (Å²) in [4.78, 5) is 44.4. The first-order valence-electron chi connectivity index (χ1n) is 9.93. The predicted molar refractivity (Wildman–Crippen MR) is 106 cm³/mol. The van der Waals surface area contributed by atoms with Crippen LogP contribution in [0.4, 0.5) is 0 Å². The highest BCUT2D eigenvalue weighted by atomic mass is 16.5. The number of amides is 3. The molecule has 1 aromatic heterocycles. The Balaban J connectivity index is 1.21. The number of aromatic nitrogens is 1. The number of carbonyl (C=O) groups is 3. The molecule has 0 bridgehead atoms. The number of piperidine rings is 1. The third-order valence-corrected chi connectivity index (χ3v) is 5.38. The van der Waals surface area contributed by atoms with Crippen LogP contribution in [-0.4, -0.2) is 58.2 Å². The molecule has 29 heavy (non-hydrogen) atoms. The van der Waals surface area contributed by atoms with Crippen LogP contribution in [0.5, 0.6) is 5.75 Å². The molecule has 0 unspecified atom stereocenters. The molecule has 0 radical (unpaired) electrons. The Labute approximate surface area is 169 Å². The Morgan fingerprint density at radius 1 is 1.03 bits per heavy atom. The summed E-state index contributed by atoms with van der Waals surface area (Å²) in [6, 6.07) is 10.5. The standard InChI is InChI=1S/C22H23N3O4/c26-20(24-13-9-16(10-14-24)29-17-5-3-11-23-15-17)8-4-12-25-21(27)18-6-1-2-7-19(18)22(25)28/h1-3,5-7,11,15-16H,4,8-10,12-14H2. The molecule has 1 saturated heterocycles. The van der Waals surface area contributed by atoms with Crippen LogP contribution in [0, 0.1) is 0 Å². The number of likely N-dealkylation sites (tertiary alicyclic amines) is 1. The number of nitrogens with zero attached hydrogens (tertiary/aromatic N) is 3. The molecule has 0 N–H and O–H groups in total. The monoisotopic (exact) mass is 393 g/mol. The quantitative estimate of drug-likeness (QED) is 0.705. The third kappa shape index (κ3) is 4.13. The van der Waals surface area contributed by atoms with Crippen LogP contribution in [-0.2, 0) is 4.79 Å². The second-order valence-corrected chi connectivity index (χ2v) is 7.30. The zero-order chi connectivity index (χ0) is 20.2. The van der Waals surface area contributed by atoms with E-state index in [9.17, 15) is 14.4 Å². The Bertz CT molecular complexity index is 872. The largest absolute Gasteiger partial charge is 0.489 e. The van der Waals surface area contributed by atoms with Gasteiger partial charge in [-0.2, -0.15) is 0 Å². The van der Waals surface area contributed by atoms with E-state index in [1.54, 1.807) is 36.7 Å². The van der Waals surface area contributed by atoms with Crippen molar-refractivity contribution < 1.29 is 19.1 Å². The van der Waals surface area contributed by atoms with Crippen LogP contribution in [0.15, 0.2) is 48.8 Å². The van der Waals surface area contributed by atoms with Crippen molar-refractivity contribution in [3.05, 3.63) is 59.9 Å². The van der Waals surface area contributed by atoms with Gasteiger partial charge in [-0.25, -0.2) is 0 Å². The van der Waals surface area contributed by atoms with E-state index in [1.807, 2.05) is 17.0 Å². The fourth-order valence-corrected chi connectivity index (χ4v) is 3.82. The highest BCUT2D eigenvalue weighted by Crippen LogP contribution is 2.23. The number of ether oxygens (including phenoxy) is 1. The van der Waals surface area contributed by atoms with E-state index in [0.29, 0.717) is 37.1 Å². The van der Waals surface area contributed by atoms with Crippen LogP contribution in [0.3, 0.4) is 0 Å². The molecule has 0 aliphatic carbocycles. The van der Waals surface area contributed by atoms with Gasteiger partial charge in [-0.05, 0) is 30.7 Å². The van der Waals surface area contributed by atoms with E-state index in [1.165, 1.54) is 4.90 Å². The summed E-state index contributed by atoms with van der Waals surface area (Å²) in [7, 11) is 0. The van der Waals surface area contributed by atoms with Crippen molar-refractivity contribution in [3.8, 4) is 5.75 Å². The van der Waals surface area contributed by atoms with E-state index in [0.717, 1.165) is 18.6 Å². The zero-order valence-electron chi connectivity index (χ0n) is 16.1. The minimum atomic E-state index is -0.272. The summed E-state index contributed by atoms with van der Waals surface area (Å²) in [6.07, 6.45) is 5.82. The number of pyridine rings is 1. The number of rotatable bonds is 6. The number of imide groups is 1. The van der Waals surface area contributed by atoms with Gasteiger partial charge in [-0.15, -0.1) is 0 Å². The second-order valence-electron chi connectivity index (χ2n) is 7.30. The molecule has 0 atom stereocenters. The maximum absolute atomic E-state index is 12.5. The molecule has 7 nitrogen and oxygen atoms in total. The van der Waals surface area contributed by atoms with Crippen LogP contribution >= 0.6 is 0 Å². The highest BCUT2D eigenvalue weighted by molar-refractivity contribution is 6.21. The van der Waals surface area contributed by atoms with Gasteiger partial charge >= 0.3 is 0 Å².